The van der Waals surface area contributed by atoms with Gasteiger partial charge in [-0.3, -0.25) is 0 Å². The molecule has 78 valence electrons. The van der Waals surface area contributed by atoms with Crippen LogP contribution in [0, 0.1) is 28.6 Å². The molecular weight excluding hydrogens is 168 g/mol. The third-order valence-corrected chi connectivity index (χ3v) is 5.81. The minimum Gasteiger partial charge on any atom is -0.0876 e. The zero-order chi connectivity index (χ0) is 9.97. The van der Waals surface area contributed by atoms with Crippen LogP contribution in [0.25, 0.3) is 0 Å². The molecule has 4 atom stereocenters. The van der Waals surface area contributed by atoms with Crippen molar-refractivity contribution in [2.45, 2.75) is 46.5 Å². The molecule has 0 saturated heterocycles. The smallest absolute Gasteiger partial charge is 0.0101 e. The molecule has 14 heavy (non-hydrogen) atoms. The Hall–Kier alpha value is -0.260. The van der Waals surface area contributed by atoms with Crippen molar-refractivity contribution >= 4 is 0 Å². The maximum absolute atomic E-state index is 2.54. The quantitative estimate of drug-likeness (QED) is 0.548. The molecule has 3 aliphatic carbocycles. The largest absolute Gasteiger partial charge is 0.0876 e. The van der Waals surface area contributed by atoms with E-state index in [0.717, 1.165) is 28.6 Å². The molecule has 0 aliphatic heterocycles. The van der Waals surface area contributed by atoms with Crippen LogP contribution >= 0.6 is 0 Å². The van der Waals surface area contributed by atoms with Gasteiger partial charge in [-0.2, -0.15) is 0 Å². The summed E-state index contributed by atoms with van der Waals surface area (Å²) in [4.78, 5) is 0. The van der Waals surface area contributed by atoms with Crippen LogP contribution < -0.4 is 0 Å². The molecule has 3 aliphatic rings. The molecule has 2 saturated carbocycles. The Morgan fingerprint density at radius 1 is 1.36 bits per heavy atom. The van der Waals surface area contributed by atoms with E-state index < -0.39 is 0 Å². The lowest BCUT2D eigenvalue weighted by molar-refractivity contribution is 0.125. The zero-order valence-electron chi connectivity index (χ0n) is 9.72. The van der Waals surface area contributed by atoms with Gasteiger partial charge in [-0.25, -0.2) is 0 Å². The van der Waals surface area contributed by atoms with E-state index in [0.29, 0.717) is 0 Å². The molecule has 0 nitrogen and oxygen atoms in total. The van der Waals surface area contributed by atoms with Gasteiger partial charge in [-0.1, -0.05) is 45.8 Å². The van der Waals surface area contributed by atoms with Gasteiger partial charge < -0.3 is 0 Å². The highest BCUT2D eigenvalue weighted by molar-refractivity contribution is 5.35. The molecule has 3 rings (SSSR count). The van der Waals surface area contributed by atoms with Gasteiger partial charge in [0, 0.05) is 0 Å². The Balaban J connectivity index is 2.03. The SMILES string of the molecule is CC(C)C12CCCC(C)C13CC=CC23. The third kappa shape index (κ3) is 0.677. The molecule has 0 bridgehead atoms. The Kier molecular flexibility index (Phi) is 1.58. The summed E-state index contributed by atoms with van der Waals surface area (Å²) in [6.07, 6.45) is 10.8. The lowest BCUT2D eigenvalue weighted by Crippen LogP contribution is -2.29. The van der Waals surface area contributed by atoms with Gasteiger partial charge in [0.1, 0.15) is 0 Å². The minimum atomic E-state index is 0.722. The number of rotatable bonds is 1. The van der Waals surface area contributed by atoms with Crippen molar-refractivity contribution < 1.29 is 0 Å². The van der Waals surface area contributed by atoms with Crippen molar-refractivity contribution in [3.8, 4) is 0 Å². The molecule has 0 aromatic heterocycles. The first-order valence-electron chi connectivity index (χ1n) is 6.33. The Bertz CT molecular complexity index is 288. The van der Waals surface area contributed by atoms with E-state index in [1.807, 2.05) is 0 Å². The van der Waals surface area contributed by atoms with Gasteiger partial charge in [0.25, 0.3) is 0 Å². The van der Waals surface area contributed by atoms with Gasteiger partial charge in [-0.05, 0) is 41.4 Å². The van der Waals surface area contributed by atoms with Gasteiger partial charge in [0.15, 0.2) is 0 Å². The van der Waals surface area contributed by atoms with Crippen LogP contribution in [0.15, 0.2) is 12.2 Å². The molecule has 2 fully saturated rings. The van der Waals surface area contributed by atoms with E-state index >= 15 is 0 Å². The highest BCUT2D eigenvalue weighted by atomic mass is 14.8. The molecular formula is C14H22. The summed E-state index contributed by atoms with van der Waals surface area (Å²) in [5.41, 5.74) is 1.44. The number of fused-ring (bicyclic) bond motifs is 1. The van der Waals surface area contributed by atoms with Crippen LogP contribution in [0.3, 0.4) is 0 Å². The predicted molar refractivity (Wildman–Crippen MR) is 60.0 cm³/mol. The van der Waals surface area contributed by atoms with Crippen LogP contribution in [0.2, 0.25) is 0 Å². The molecule has 4 unspecified atom stereocenters. The van der Waals surface area contributed by atoms with E-state index in [-0.39, 0.29) is 0 Å². The van der Waals surface area contributed by atoms with Crippen LogP contribution in [-0.4, -0.2) is 0 Å². The lowest BCUT2D eigenvalue weighted by atomic mass is 9.67. The fourth-order valence-corrected chi connectivity index (χ4v) is 5.24. The minimum absolute atomic E-state index is 0.722. The van der Waals surface area contributed by atoms with E-state index in [2.05, 4.69) is 32.9 Å². The van der Waals surface area contributed by atoms with Crippen molar-refractivity contribution in [2.75, 3.05) is 0 Å². The van der Waals surface area contributed by atoms with Crippen LogP contribution in [0.1, 0.15) is 46.5 Å². The van der Waals surface area contributed by atoms with Gasteiger partial charge in [-0.15, -0.1) is 0 Å². The van der Waals surface area contributed by atoms with Gasteiger partial charge in [0.2, 0.25) is 0 Å². The van der Waals surface area contributed by atoms with Gasteiger partial charge in [0.05, 0.1) is 0 Å². The normalized spacial score (nSPS) is 54.6. The first-order chi connectivity index (χ1) is 6.66. The molecule has 0 heterocycles. The fraction of sp³-hybridized carbons (Fsp3) is 0.857. The van der Waals surface area contributed by atoms with E-state index in [9.17, 15) is 0 Å². The Morgan fingerprint density at radius 2 is 2.14 bits per heavy atom. The number of hydrogen-bond donors (Lipinski definition) is 0. The number of hydrogen-bond acceptors (Lipinski definition) is 0. The monoisotopic (exact) mass is 190 g/mol. The molecule has 0 heteroatoms. The summed E-state index contributed by atoms with van der Waals surface area (Å²) in [6, 6.07) is 0. The average molecular weight is 190 g/mol. The summed E-state index contributed by atoms with van der Waals surface area (Å²) in [6.45, 7) is 7.40. The van der Waals surface area contributed by atoms with E-state index in [4.69, 9.17) is 0 Å². The maximum atomic E-state index is 2.54. The summed E-state index contributed by atoms with van der Waals surface area (Å²) in [7, 11) is 0. The van der Waals surface area contributed by atoms with Crippen LogP contribution in [-0.2, 0) is 0 Å². The maximum Gasteiger partial charge on any atom is -0.0101 e. The lowest BCUT2D eigenvalue weighted by Gasteiger charge is -2.37. The Labute approximate surface area is 87.8 Å². The topological polar surface area (TPSA) is 0 Å². The highest BCUT2D eigenvalue weighted by Crippen LogP contribution is 2.84. The van der Waals surface area contributed by atoms with Crippen molar-refractivity contribution in [2.24, 2.45) is 28.6 Å². The molecule has 0 radical (unpaired) electrons. The Morgan fingerprint density at radius 3 is 2.79 bits per heavy atom. The average Bonchev–Trinajstić information content (AvgIpc) is 2.51. The predicted octanol–water partition coefficient (Wildman–Crippen LogP) is 4.02. The van der Waals surface area contributed by atoms with Crippen molar-refractivity contribution in [3.63, 3.8) is 0 Å². The molecule has 0 aromatic rings. The van der Waals surface area contributed by atoms with Crippen LogP contribution in [0.5, 0.6) is 0 Å². The summed E-state index contributed by atoms with van der Waals surface area (Å²) < 4.78 is 0. The van der Waals surface area contributed by atoms with Crippen molar-refractivity contribution in [1.82, 2.24) is 0 Å². The first kappa shape index (κ1) is 9.00. The zero-order valence-corrected chi connectivity index (χ0v) is 9.72. The molecule has 1 spiro atoms. The molecule has 0 N–H and O–H groups in total. The summed E-state index contributed by atoms with van der Waals surface area (Å²) in [5.74, 6) is 2.81. The second-order valence-corrected chi connectivity index (χ2v) is 6.14. The molecule has 0 amide bonds. The summed E-state index contributed by atoms with van der Waals surface area (Å²) >= 11 is 0. The first-order valence-corrected chi connectivity index (χ1v) is 6.33. The van der Waals surface area contributed by atoms with E-state index in [1.165, 1.54) is 25.7 Å². The second kappa shape index (κ2) is 2.46. The van der Waals surface area contributed by atoms with E-state index in [1.54, 1.807) is 0 Å². The van der Waals surface area contributed by atoms with Crippen LogP contribution in [0.4, 0.5) is 0 Å². The second-order valence-electron chi connectivity index (χ2n) is 6.14. The van der Waals surface area contributed by atoms with Crippen molar-refractivity contribution in [3.05, 3.63) is 12.2 Å². The standard InChI is InChI=1S/C14H22/c1-10(2)13-8-4-6-11(3)14(13)9-5-7-12(13)14/h5,7,10-12H,4,6,8-9H2,1-3H3. The third-order valence-electron chi connectivity index (χ3n) is 5.81. The summed E-state index contributed by atoms with van der Waals surface area (Å²) in [5, 5.41) is 0. The van der Waals surface area contributed by atoms with Gasteiger partial charge >= 0.3 is 0 Å². The molecule has 0 aromatic carbocycles. The highest BCUT2D eigenvalue weighted by Gasteiger charge is 2.78. The number of allylic oxidation sites excluding steroid dienone is 2. The van der Waals surface area contributed by atoms with Crippen molar-refractivity contribution in [1.29, 1.82) is 0 Å². The fourth-order valence-electron chi connectivity index (χ4n) is 5.24.